The van der Waals surface area contributed by atoms with Gasteiger partial charge in [0, 0.05) is 24.5 Å². The summed E-state index contributed by atoms with van der Waals surface area (Å²) >= 11 is 0. The fourth-order valence-electron chi connectivity index (χ4n) is 1.89. The summed E-state index contributed by atoms with van der Waals surface area (Å²) < 4.78 is 6.82. The smallest absolute Gasteiger partial charge is 0.257 e. The Kier molecular flexibility index (Phi) is 3.88. The van der Waals surface area contributed by atoms with E-state index in [1.807, 2.05) is 20.8 Å². The lowest BCUT2D eigenvalue weighted by atomic mass is 10.3. The first-order chi connectivity index (χ1) is 10.6. The largest absolute Gasteiger partial charge is 0.336 e. The summed E-state index contributed by atoms with van der Waals surface area (Å²) in [6, 6.07) is 0. The molecule has 114 valence electrons. The zero-order chi connectivity index (χ0) is 15.5. The average molecular weight is 300 g/mol. The molecule has 0 spiro atoms. The van der Waals surface area contributed by atoms with Crippen molar-refractivity contribution in [2.75, 3.05) is 0 Å². The summed E-state index contributed by atoms with van der Waals surface area (Å²) in [5.74, 6) is 1.17. The summed E-state index contributed by atoms with van der Waals surface area (Å²) in [5.41, 5.74) is 3.48. The molecule has 0 saturated carbocycles. The van der Waals surface area contributed by atoms with Crippen LogP contribution in [0.25, 0.3) is 5.88 Å². The van der Waals surface area contributed by atoms with Crippen LogP contribution in [0.3, 0.4) is 0 Å². The van der Waals surface area contributed by atoms with Crippen molar-refractivity contribution in [3.8, 4) is 5.88 Å². The van der Waals surface area contributed by atoms with Crippen molar-refractivity contribution in [3.63, 3.8) is 0 Å². The Morgan fingerprint density at radius 2 is 2.00 bits per heavy atom. The molecule has 22 heavy (non-hydrogen) atoms. The molecule has 3 heterocycles. The lowest BCUT2D eigenvalue weighted by molar-refractivity contribution is 0.388. The van der Waals surface area contributed by atoms with E-state index in [9.17, 15) is 0 Å². The molecule has 1 N–H and O–H groups in total. The fraction of sp³-hybridized carbons (Fsp3) is 0.385. The molecule has 3 rings (SSSR count). The first-order valence-corrected chi connectivity index (χ1v) is 6.84. The van der Waals surface area contributed by atoms with Crippen molar-refractivity contribution in [2.24, 2.45) is 0 Å². The molecule has 0 atom stereocenters. The molecule has 3 aromatic heterocycles. The Bertz CT molecular complexity index is 761. The van der Waals surface area contributed by atoms with Crippen molar-refractivity contribution in [1.82, 2.24) is 40.6 Å². The van der Waals surface area contributed by atoms with Gasteiger partial charge in [-0.05, 0) is 31.2 Å². The molecule has 0 aromatic carbocycles. The molecule has 0 amide bonds. The van der Waals surface area contributed by atoms with Gasteiger partial charge in [0.15, 0.2) is 5.82 Å². The number of aromatic nitrogens is 7. The van der Waals surface area contributed by atoms with E-state index in [1.165, 1.54) is 0 Å². The second kappa shape index (κ2) is 5.98. The molecular formula is C13H16N8O. The number of hydrogen-bond donors (Lipinski definition) is 1. The predicted octanol–water partition coefficient (Wildman–Crippen LogP) is 0.655. The molecule has 0 aliphatic rings. The number of rotatable bonds is 5. The molecule has 0 unspecified atom stereocenters. The quantitative estimate of drug-likeness (QED) is 0.732. The van der Waals surface area contributed by atoms with Crippen LogP contribution in [0.15, 0.2) is 16.9 Å². The molecule has 9 nitrogen and oxygen atoms in total. The third kappa shape index (κ3) is 2.84. The second-order valence-electron chi connectivity index (χ2n) is 4.96. The Balaban J connectivity index is 1.68. The van der Waals surface area contributed by atoms with Crippen molar-refractivity contribution in [3.05, 3.63) is 40.9 Å². The molecule has 0 aliphatic carbocycles. The molecular weight excluding hydrogens is 284 g/mol. The Morgan fingerprint density at radius 1 is 1.14 bits per heavy atom. The van der Waals surface area contributed by atoms with Crippen molar-refractivity contribution >= 4 is 0 Å². The number of aryl methyl sites for hydroxylation is 2. The van der Waals surface area contributed by atoms with Crippen LogP contribution in [-0.4, -0.2) is 35.3 Å². The van der Waals surface area contributed by atoms with Gasteiger partial charge in [0.25, 0.3) is 5.88 Å². The van der Waals surface area contributed by atoms with E-state index < -0.39 is 0 Å². The molecule has 0 bridgehead atoms. The van der Waals surface area contributed by atoms with Crippen LogP contribution in [0.2, 0.25) is 0 Å². The maximum Gasteiger partial charge on any atom is 0.257 e. The second-order valence-corrected chi connectivity index (χ2v) is 4.96. The van der Waals surface area contributed by atoms with Gasteiger partial charge < -0.3 is 9.84 Å². The van der Waals surface area contributed by atoms with Crippen LogP contribution < -0.4 is 5.32 Å². The Hall–Kier alpha value is -2.68. The standard InChI is InChI=1S/C13H16N8O/c1-8-4-16-11(6-15-8)5-14-7-12-17-19-20-21(12)13-9(2)10(3)18-22-13/h4,6,14H,5,7H2,1-3H3. The molecule has 9 heteroatoms. The molecule has 3 aromatic rings. The fourth-order valence-corrected chi connectivity index (χ4v) is 1.89. The number of tetrazole rings is 1. The molecule has 0 radical (unpaired) electrons. The van der Waals surface area contributed by atoms with E-state index in [0.29, 0.717) is 24.8 Å². The van der Waals surface area contributed by atoms with Crippen LogP contribution in [-0.2, 0) is 13.1 Å². The van der Waals surface area contributed by atoms with E-state index in [-0.39, 0.29) is 0 Å². The minimum atomic E-state index is 0.474. The molecule has 0 fully saturated rings. The summed E-state index contributed by atoms with van der Waals surface area (Å²) in [7, 11) is 0. The zero-order valence-electron chi connectivity index (χ0n) is 12.6. The minimum absolute atomic E-state index is 0.474. The highest BCUT2D eigenvalue weighted by atomic mass is 16.5. The lowest BCUT2D eigenvalue weighted by Gasteiger charge is -2.04. The summed E-state index contributed by atoms with van der Waals surface area (Å²) in [4.78, 5) is 8.49. The molecule has 0 aliphatic heterocycles. The third-order valence-corrected chi connectivity index (χ3v) is 3.28. The van der Waals surface area contributed by atoms with Gasteiger partial charge in [-0.3, -0.25) is 9.97 Å². The van der Waals surface area contributed by atoms with E-state index in [2.05, 4.69) is 36.0 Å². The maximum atomic E-state index is 5.28. The Morgan fingerprint density at radius 3 is 2.68 bits per heavy atom. The number of hydrogen-bond acceptors (Lipinski definition) is 8. The SMILES string of the molecule is Cc1cnc(CNCc2nnnn2-c2onc(C)c2C)cn1. The summed E-state index contributed by atoms with van der Waals surface area (Å²) in [5, 5.41) is 18.8. The minimum Gasteiger partial charge on any atom is -0.336 e. The Labute approximate surface area is 126 Å². The zero-order valence-corrected chi connectivity index (χ0v) is 12.6. The topological polar surface area (TPSA) is 107 Å². The van der Waals surface area contributed by atoms with Gasteiger partial charge in [-0.2, -0.15) is 4.68 Å². The van der Waals surface area contributed by atoms with Gasteiger partial charge >= 0.3 is 0 Å². The first kappa shape index (κ1) is 14.3. The van der Waals surface area contributed by atoms with Crippen molar-refractivity contribution in [2.45, 2.75) is 33.9 Å². The van der Waals surface area contributed by atoms with Gasteiger partial charge in [0.2, 0.25) is 0 Å². The highest BCUT2D eigenvalue weighted by Gasteiger charge is 2.16. The van der Waals surface area contributed by atoms with Crippen molar-refractivity contribution < 1.29 is 4.52 Å². The van der Waals surface area contributed by atoms with Crippen molar-refractivity contribution in [1.29, 1.82) is 0 Å². The van der Waals surface area contributed by atoms with E-state index in [4.69, 9.17) is 4.52 Å². The number of nitrogens with one attached hydrogen (secondary N) is 1. The third-order valence-electron chi connectivity index (χ3n) is 3.28. The van der Waals surface area contributed by atoms with Crippen LogP contribution in [0.5, 0.6) is 0 Å². The average Bonchev–Trinajstić information content (AvgIpc) is 3.09. The van der Waals surface area contributed by atoms with Gasteiger partial charge in [0.1, 0.15) is 0 Å². The highest BCUT2D eigenvalue weighted by molar-refractivity contribution is 5.31. The maximum absolute atomic E-state index is 5.28. The van der Waals surface area contributed by atoms with Crippen LogP contribution in [0, 0.1) is 20.8 Å². The monoisotopic (exact) mass is 300 g/mol. The summed E-state index contributed by atoms with van der Waals surface area (Å²) in [6.45, 7) is 6.75. The normalized spacial score (nSPS) is 11.0. The van der Waals surface area contributed by atoms with Gasteiger partial charge in [-0.15, -0.1) is 5.10 Å². The predicted molar refractivity (Wildman–Crippen MR) is 76.0 cm³/mol. The lowest BCUT2D eigenvalue weighted by Crippen LogP contribution is -2.17. The van der Waals surface area contributed by atoms with Gasteiger partial charge in [0.05, 0.1) is 23.6 Å². The van der Waals surface area contributed by atoms with Gasteiger partial charge in [-0.25, -0.2) is 0 Å². The number of nitrogens with zero attached hydrogens (tertiary/aromatic N) is 7. The van der Waals surface area contributed by atoms with E-state index in [1.54, 1.807) is 17.1 Å². The highest BCUT2D eigenvalue weighted by Crippen LogP contribution is 2.16. The first-order valence-electron chi connectivity index (χ1n) is 6.84. The van der Waals surface area contributed by atoms with Crippen LogP contribution >= 0.6 is 0 Å². The van der Waals surface area contributed by atoms with E-state index in [0.717, 1.165) is 22.6 Å². The van der Waals surface area contributed by atoms with E-state index >= 15 is 0 Å². The van der Waals surface area contributed by atoms with Crippen LogP contribution in [0.4, 0.5) is 0 Å². The van der Waals surface area contributed by atoms with Gasteiger partial charge in [-0.1, -0.05) is 5.16 Å². The molecule has 0 saturated heterocycles. The summed E-state index contributed by atoms with van der Waals surface area (Å²) in [6.07, 6.45) is 3.48. The van der Waals surface area contributed by atoms with Crippen LogP contribution in [0.1, 0.15) is 28.5 Å².